The first kappa shape index (κ1) is 18.5. The first-order valence-electron chi connectivity index (χ1n) is 8.57. The smallest absolute Gasteiger partial charge is 0.256 e. The summed E-state index contributed by atoms with van der Waals surface area (Å²) in [6.45, 7) is 1.01. The molecule has 3 rings (SSSR count). The minimum Gasteiger partial charge on any atom is -0.349 e. The van der Waals surface area contributed by atoms with Gasteiger partial charge in [0.1, 0.15) is 5.82 Å². The molecule has 0 radical (unpaired) electrons. The summed E-state index contributed by atoms with van der Waals surface area (Å²) < 4.78 is 13.8. The number of hydrogen-bond donors (Lipinski definition) is 1. The minimum atomic E-state index is -0.499. The van der Waals surface area contributed by atoms with Gasteiger partial charge in [0.2, 0.25) is 0 Å². The molecule has 1 N–H and O–H groups in total. The molecule has 2 aromatic rings. The zero-order valence-corrected chi connectivity index (χ0v) is 15.4. The molecular weight excluding hydrogens is 351 g/mol. The lowest BCUT2D eigenvalue weighted by Gasteiger charge is -2.32. The van der Waals surface area contributed by atoms with Crippen molar-refractivity contribution >= 4 is 23.6 Å². The normalized spacial score (nSPS) is 14.9. The Bertz CT molecular complexity index is 787. The van der Waals surface area contributed by atoms with E-state index < -0.39 is 5.82 Å². The van der Waals surface area contributed by atoms with Gasteiger partial charge in [-0.1, -0.05) is 12.1 Å². The van der Waals surface area contributed by atoms with Crippen LogP contribution >= 0.6 is 11.8 Å². The van der Waals surface area contributed by atoms with E-state index in [-0.39, 0.29) is 23.4 Å². The maximum Gasteiger partial charge on any atom is 0.256 e. The molecule has 1 saturated heterocycles. The standard InChI is InChI=1S/C20H21FN2O2S/c1-26-16-8-6-14(7-9-16)19(24)22-15-10-12-23(13-11-15)20(25)17-4-2-3-5-18(17)21/h2-9,15H,10-13H2,1H3,(H,22,24). The number of benzene rings is 2. The Hall–Kier alpha value is -2.34. The van der Waals surface area contributed by atoms with Crippen LogP contribution in [0.2, 0.25) is 0 Å². The zero-order valence-electron chi connectivity index (χ0n) is 14.6. The third-order valence-corrected chi connectivity index (χ3v) is 5.32. The second-order valence-corrected chi connectivity index (χ2v) is 7.13. The number of hydrogen-bond acceptors (Lipinski definition) is 3. The first-order valence-corrected chi connectivity index (χ1v) is 9.79. The maximum absolute atomic E-state index is 13.8. The third kappa shape index (κ3) is 4.25. The molecule has 0 spiro atoms. The molecule has 0 aliphatic carbocycles. The highest BCUT2D eigenvalue weighted by atomic mass is 32.2. The van der Waals surface area contributed by atoms with Crippen molar-refractivity contribution in [3.63, 3.8) is 0 Å². The monoisotopic (exact) mass is 372 g/mol. The predicted octanol–water partition coefficient (Wildman–Crippen LogP) is 3.58. The van der Waals surface area contributed by atoms with Crippen molar-refractivity contribution in [1.29, 1.82) is 0 Å². The number of piperidine rings is 1. The van der Waals surface area contributed by atoms with E-state index in [1.54, 1.807) is 28.8 Å². The molecule has 6 heteroatoms. The third-order valence-electron chi connectivity index (χ3n) is 4.57. The van der Waals surface area contributed by atoms with Crippen molar-refractivity contribution in [3.8, 4) is 0 Å². The Morgan fingerprint density at radius 3 is 2.35 bits per heavy atom. The summed E-state index contributed by atoms with van der Waals surface area (Å²) in [5.74, 6) is -0.890. The van der Waals surface area contributed by atoms with Gasteiger partial charge in [0.15, 0.2) is 0 Å². The van der Waals surface area contributed by atoms with Crippen LogP contribution in [0.15, 0.2) is 53.4 Å². The Morgan fingerprint density at radius 1 is 1.08 bits per heavy atom. The number of rotatable bonds is 4. The van der Waals surface area contributed by atoms with Crippen molar-refractivity contribution in [2.45, 2.75) is 23.8 Å². The lowest BCUT2D eigenvalue weighted by Crippen LogP contribution is -2.46. The van der Waals surface area contributed by atoms with Gasteiger partial charge >= 0.3 is 0 Å². The lowest BCUT2D eigenvalue weighted by atomic mass is 10.0. The van der Waals surface area contributed by atoms with Crippen LogP contribution in [0.1, 0.15) is 33.6 Å². The number of amides is 2. The fourth-order valence-corrected chi connectivity index (χ4v) is 3.45. The summed E-state index contributed by atoms with van der Waals surface area (Å²) in [5, 5.41) is 3.03. The van der Waals surface area contributed by atoms with Crippen LogP contribution in [0.4, 0.5) is 4.39 Å². The highest BCUT2D eigenvalue weighted by molar-refractivity contribution is 7.98. The van der Waals surface area contributed by atoms with Crippen molar-refractivity contribution in [2.24, 2.45) is 0 Å². The molecule has 1 aliphatic heterocycles. The van der Waals surface area contributed by atoms with E-state index >= 15 is 0 Å². The van der Waals surface area contributed by atoms with Crippen LogP contribution in [-0.4, -0.2) is 42.1 Å². The van der Waals surface area contributed by atoms with E-state index in [0.717, 1.165) is 4.90 Å². The average molecular weight is 372 g/mol. The number of carbonyl (C=O) groups is 2. The molecule has 1 aliphatic rings. The number of nitrogens with one attached hydrogen (secondary N) is 1. The summed E-state index contributed by atoms with van der Waals surface area (Å²) in [5.41, 5.74) is 0.733. The summed E-state index contributed by atoms with van der Waals surface area (Å²) in [6.07, 6.45) is 3.31. The molecule has 2 aromatic carbocycles. The molecule has 26 heavy (non-hydrogen) atoms. The topological polar surface area (TPSA) is 49.4 Å². The molecule has 1 heterocycles. The Morgan fingerprint density at radius 2 is 1.73 bits per heavy atom. The average Bonchev–Trinajstić information content (AvgIpc) is 2.68. The highest BCUT2D eigenvalue weighted by Gasteiger charge is 2.26. The van der Waals surface area contributed by atoms with E-state index in [9.17, 15) is 14.0 Å². The van der Waals surface area contributed by atoms with Crippen LogP contribution in [0.25, 0.3) is 0 Å². The molecule has 0 unspecified atom stereocenters. The number of likely N-dealkylation sites (tertiary alicyclic amines) is 1. The van der Waals surface area contributed by atoms with Crippen LogP contribution < -0.4 is 5.32 Å². The van der Waals surface area contributed by atoms with E-state index in [2.05, 4.69) is 5.32 Å². The molecule has 4 nitrogen and oxygen atoms in total. The molecule has 0 saturated carbocycles. The van der Waals surface area contributed by atoms with Gasteiger partial charge in [-0.25, -0.2) is 4.39 Å². The second-order valence-electron chi connectivity index (χ2n) is 6.25. The molecule has 0 bridgehead atoms. The first-order chi connectivity index (χ1) is 12.6. The van der Waals surface area contributed by atoms with Crippen molar-refractivity contribution in [2.75, 3.05) is 19.3 Å². The summed E-state index contributed by atoms with van der Waals surface area (Å²) in [7, 11) is 0. The van der Waals surface area contributed by atoms with Gasteiger partial charge < -0.3 is 10.2 Å². The Labute approximate surface area is 156 Å². The fraction of sp³-hybridized carbons (Fsp3) is 0.300. The Balaban J connectivity index is 1.54. The number of halogens is 1. The van der Waals surface area contributed by atoms with Crippen molar-refractivity contribution in [3.05, 3.63) is 65.5 Å². The fourth-order valence-electron chi connectivity index (χ4n) is 3.04. The van der Waals surface area contributed by atoms with Gasteiger partial charge in [0.05, 0.1) is 5.56 Å². The molecule has 2 amide bonds. The predicted molar refractivity (Wildman–Crippen MR) is 101 cm³/mol. The molecular formula is C20H21FN2O2S. The highest BCUT2D eigenvalue weighted by Crippen LogP contribution is 2.18. The van der Waals surface area contributed by atoms with E-state index in [0.29, 0.717) is 31.5 Å². The molecule has 0 atom stereocenters. The van der Waals surface area contributed by atoms with Crippen molar-refractivity contribution < 1.29 is 14.0 Å². The van der Waals surface area contributed by atoms with Gasteiger partial charge in [-0.3, -0.25) is 9.59 Å². The Kier molecular flexibility index (Phi) is 5.93. The van der Waals surface area contributed by atoms with Gasteiger partial charge in [0, 0.05) is 29.6 Å². The minimum absolute atomic E-state index is 0.0207. The van der Waals surface area contributed by atoms with E-state index in [4.69, 9.17) is 0 Å². The van der Waals surface area contributed by atoms with Crippen LogP contribution in [-0.2, 0) is 0 Å². The van der Waals surface area contributed by atoms with Crippen molar-refractivity contribution in [1.82, 2.24) is 10.2 Å². The maximum atomic E-state index is 13.8. The van der Waals surface area contributed by atoms with Gasteiger partial charge in [-0.15, -0.1) is 11.8 Å². The molecule has 0 aromatic heterocycles. The van der Waals surface area contributed by atoms with Gasteiger partial charge in [-0.2, -0.15) is 0 Å². The van der Waals surface area contributed by atoms with Crippen LogP contribution in [0.3, 0.4) is 0 Å². The van der Waals surface area contributed by atoms with E-state index in [1.165, 1.54) is 12.1 Å². The molecule has 1 fully saturated rings. The zero-order chi connectivity index (χ0) is 18.5. The molecule has 136 valence electrons. The summed E-state index contributed by atoms with van der Waals surface area (Å²) in [4.78, 5) is 27.5. The van der Waals surface area contributed by atoms with Crippen LogP contribution in [0, 0.1) is 5.82 Å². The largest absolute Gasteiger partial charge is 0.349 e. The quantitative estimate of drug-likeness (QED) is 0.835. The summed E-state index contributed by atoms with van der Waals surface area (Å²) in [6, 6.07) is 13.5. The number of nitrogens with zero attached hydrogens (tertiary/aromatic N) is 1. The van der Waals surface area contributed by atoms with Gasteiger partial charge in [0.25, 0.3) is 11.8 Å². The van der Waals surface area contributed by atoms with Gasteiger partial charge in [-0.05, 0) is 55.5 Å². The SMILES string of the molecule is CSc1ccc(C(=O)NC2CCN(C(=O)c3ccccc3F)CC2)cc1. The number of carbonyl (C=O) groups excluding carboxylic acids is 2. The van der Waals surface area contributed by atoms with Crippen LogP contribution in [0.5, 0.6) is 0 Å². The second kappa shape index (κ2) is 8.36. The summed E-state index contributed by atoms with van der Waals surface area (Å²) >= 11 is 1.63. The van der Waals surface area contributed by atoms with E-state index in [1.807, 2.05) is 30.5 Å². The number of thioether (sulfide) groups is 1. The lowest BCUT2D eigenvalue weighted by molar-refractivity contribution is 0.0693.